The van der Waals surface area contributed by atoms with E-state index in [1.165, 1.54) is 71.7 Å². The van der Waals surface area contributed by atoms with Crippen molar-refractivity contribution in [3.8, 4) is 6.07 Å². The highest BCUT2D eigenvalue weighted by Crippen LogP contribution is 2.36. The SMILES string of the molecule is C.CC(C#N)(CCC(=O)OCCO)SC(=S)c1ccccc1.CC(C)(SC(=S)c1ccccc1)C(=O)OCCO.CCCCSC(=S)SC(C)(C)C(=O)OCCO.CCCCSC(=S)SC(C)C(=O)OCCC.O=C(OCCO)C(SC(=S)c1ccccc1)c1ccccc1. The monoisotopic (exact) mass is 1530 g/mol. The van der Waals surface area contributed by atoms with Crippen molar-refractivity contribution in [3.05, 3.63) is 144 Å². The molecule has 4 rings (SSSR count). The van der Waals surface area contributed by atoms with Crippen molar-refractivity contribution in [1.29, 1.82) is 5.26 Å². The maximum absolute atomic E-state index is 12.3. The van der Waals surface area contributed by atoms with E-state index in [9.17, 15) is 29.2 Å². The lowest BCUT2D eigenvalue weighted by Gasteiger charge is -2.22. The lowest BCUT2D eigenvalue weighted by molar-refractivity contribution is -0.147. The number of thiocarbonyl (C=S) groups is 5. The van der Waals surface area contributed by atoms with Crippen molar-refractivity contribution in [1.82, 2.24) is 0 Å². The van der Waals surface area contributed by atoms with Crippen molar-refractivity contribution in [2.24, 2.45) is 0 Å². The first-order chi connectivity index (χ1) is 44.7. The average Bonchev–Trinajstić information content (AvgIpc) is 1.03. The fraction of sp³-hybridized carbons (Fsp3) is 0.485. The molecular formula is C68H93NO14S12. The Morgan fingerprint density at radius 3 is 1.32 bits per heavy atom. The zero-order chi connectivity index (χ0) is 70.8. The Labute approximate surface area is 620 Å². The van der Waals surface area contributed by atoms with E-state index in [-0.39, 0.29) is 89.9 Å². The van der Waals surface area contributed by atoms with Crippen LogP contribution in [0.25, 0.3) is 0 Å². The number of hydrogen-bond donors (Lipinski definition) is 4. The summed E-state index contributed by atoms with van der Waals surface area (Å²) in [7, 11) is 0. The van der Waals surface area contributed by atoms with Crippen LogP contribution in [0.2, 0.25) is 0 Å². The van der Waals surface area contributed by atoms with E-state index in [1.807, 2.05) is 135 Å². The van der Waals surface area contributed by atoms with Crippen LogP contribution in [0.5, 0.6) is 0 Å². The third kappa shape index (κ3) is 44.3. The number of thioether (sulfide) groups is 7. The van der Waals surface area contributed by atoms with Gasteiger partial charge in [0.2, 0.25) is 0 Å². The molecule has 0 aliphatic carbocycles. The Morgan fingerprint density at radius 1 is 0.495 bits per heavy atom. The second-order valence-electron chi connectivity index (χ2n) is 20.4. The molecule has 0 aliphatic heterocycles. The molecule has 0 saturated heterocycles. The van der Waals surface area contributed by atoms with E-state index in [4.69, 9.17) is 105 Å². The fourth-order valence-corrected chi connectivity index (χ4v) is 16.8. The van der Waals surface area contributed by atoms with E-state index in [1.54, 1.807) is 58.1 Å². The topological polar surface area (TPSA) is 236 Å². The molecule has 3 unspecified atom stereocenters. The van der Waals surface area contributed by atoms with Crippen LogP contribution in [0.1, 0.15) is 142 Å². The smallest absolute Gasteiger partial charge is 0.324 e. The van der Waals surface area contributed by atoms with Crippen LogP contribution in [-0.4, -0.2) is 160 Å². The summed E-state index contributed by atoms with van der Waals surface area (Å²) < 4.78 is 26.0. The number of ether oxygens (including phenoxy) is 5. The Kier molecular flexibility index (Phi) is 55.4. The Bertz CT molecular complexity index is 2910. The Morgan fingerprint density at radius 2 is 0.884 bits per heavy atom. The lowest BCUT2D eigenvalue weighted by atomic mass is 10.1. The van der Waals surface area contributed by atoms with Gasteiger partial charge < -0.3 is 44.1 Å². The summed E-state index contributed by atoms with van der Waals surface area (Å²) in [6.45, 7) is 16.8. The van der Waals surface area contributed by atoms with Crippen LogP contribution in [-0.2, 0) is 47.7 Å². The first-order valence-electron chi connectivity index (χ1n) is 30.0. The van der Waals surface area contributed by atoms with Gasteiger partial charge in [-0.3, -0.25) is 24.0 Å². The van der Waals surface area contributed by atoms with E-state index >= 15 is 0 Å². The predicted octanol–water partition coefficient (Wildman–Crippen LogP) is 15.8. The molecule has 0 heterocycles. The molecular weight excluding hydrogens is 1440 g/mol. The number of unbranched alkanes of at least 4 members (excludes halogenated alkanes) is 2. The molecule has 3 atom stereocenters. The van der Waals surface area contributed by atoms with Gasteiger partial charge in [0.05, 0.1) is 51.7 Å². The van der Waals surface area contributed by atoms with Crippen LogP contribution in [0.15, 0.2) is 121 Å². The van der Waals surface area contributed by atoms with Crippen molar-refractivity contribution in [2.45, 2.75) is 139 Å². The van der Waals surface area contributed by atoms with Gasteiger partial charge in [-0.05, 0) is 101 Å². The zero-order valence-corrected chi connectivity index (χ0v) is 64.4. The summed E-state index contributed by atoms with van der Waals surface area (Å²) in [5.41, 5.74) is 3.54. The number of hydrogen-bond acceptors (Lipinski definition) is 27. The third-order valence-electron chi connectivity index (χ3n) is 11.4. The summed E-state index contributed by atoms with van der Waals surface area (Å²) in [6, 6.07) is 40.1. The van der Waals surface area contributed by atoms with Gasteiger partial charge in [-0.2, -0.15) is 5.26 Å². The summed E-state index contributed by atoms with van der Waals surface area (Å²) in [4.78, 5) is 58.6. The van der Waals surface area contributed by atoms with Gasteiger partial charge in [0.15, 0.2) is 0 Å². The second-order valence-corrected chi connectivity index (χ2v) is 34.2. The molecule has 0 spiro atoms. The van der Waals surface area contributed by atoms with Crippen LogP contribution >= 0.6 is 143 Å². The number of aliphatic hydroxyl groups excluding tert-OH is 4. The highest BCUT2D eigenvalue weighted by molar-refractivity contribution is 8.48. The minimum absolute atomic E-state index is 0. The second kappa shape index (κ2) is 56.2. The van der Waals surface area contributed by atoms with Crippen molar-refractivity contribution >= 4 is 193 Å². The molecule has 4 aromatic carbocycles. The standard InChI is InChI=1S/C17H16O3S2.C15H17NO3S2.C13H16O3S2.C11H20O3S3.C11H20O2S3.CH4/c18-11-12-20-16(19)15(13-7-3-1-4-8-13)22-17(21)14-9-5-2-6-10-14;1-15(11-16,8-7-13(18)19-10-9-17)21-14(20)12-5-3-2-4-6-12;1-13(2,12(15)16-9-8-14)18-11(17)10-6-4-3-5-7-10;1-4-5-8-16-10(15)17-11(2,3)9(13)14-7-6-12;1-4-6-8-15-11(14)16-9(3)10(12)13-7-5-2;/h1-10,15,18H,11-12H2;2-6,17H,7-10H2,1H3;3-7,14H,8-9H2,1-2H3;12H,4-8H2,1-3H3;9H,4-8H2,1-3H3;1H4. The highest BCUT2D eigenvalue weighted by atomic mass is 32.2. The first kappa shape index (κ1) is 93.5. The van der Waals surface area contributed by atoms with E-state index in [0.717, 1.165) is 60.1 Å². The van der Waals surface area contributed by atoms with Gasteiger partial charge in [0.25, 0.3) is 0 Å². The fourth-order valence-electron chi connectivity index (χ4n) is 6.35. The number of esters is 5. The normalized spacial score (nSPS) is 11.7. The number of rotatable bonds is 32. The van der Waals surface area contributed by atoms with Gasteiger partial charge in [-0.25, -0.2) is 0 Å². The number of aliphatic hydroxyl groups is 4. The quantitative estimate of drug-likeness (QED) is 0.0154. The molecule has 0 saturated carbocycles. The lowest BCUT2D eigenvalue weighted by Crippen LogP contribution is -2.32. The van der Waals surface area contributed by atoms with Crippen molar-refractivity contribution in [2.75, 3.05) is 71.0 Å². The van der Waals surface area contributed by atoms with Crippen LogP contribution < -0.4 is 0 Å². The molecule has 526 valence electrons. The van der Waals surface area contributed by atoms with Crippen molar-refractivity contribution < 1.29 is 68.1 Å². The molecule has 0 fully saturated rings. The number of carbonyl (C=O) groups excluding carboxylic acids is 5. The van der Waals surface area contributed by atoms with Crippen molar-refractivity contribution in [3.63, 3.8) is 0 Å². The van der Waals surface area contributed by atoms with Gasteiger partial charge in [-0.15, -0.1) is 23.5 Å². The molecule has 0 aromatic heterocycles. The molecule has 15 nitrogen and oxygen atoms in total. The van der Waals surface area contributed by atoms with E-state index in [2.05, 4.69) is 19.9 Å². The number of nitriles is 1. The molecule has 4 N–H and O–H groups in total. The molecule has 0 aliphatic rings. The molecule has 95 heavy (non-hydrogen) atoms. The first-order valence-corrected chi connectivity index (χ1v) is 38.2. The van der Waals surface area contributed by atoms with Crippen LogP contribution in [0.3, 0.4) is 0 Å². The van der Waals surface area contributed by atoms with Gasteiger partial charge >= 0.3 is 29.8 Å². The minimum atomic E-state index is -0.787. The van der Waals surface area contributed by atoms with Gasteiger partial charge in [0.1, 0.15) is 58.2 Å². The van der Waals surface area contributed by atoms with Crippen LogP contribution in [0, 0.1) is 11.3 Å². The number of carbonyl (C=O) groups is 5. The number of benzene rings is 4. The van der Waals surface area contributed by atoms with Gasteiger partial charge in [0, 0.05) is 6.42 Å². The Hall–Kier alpha value is -3.54. The molecule has 4 aromatic rings. The summed E-state index contributed by atoms with van der Waals surface area (Å²) in [5, 5.41) is 43.2. The predicted molar refractivity (Wildman–Crippen MR) is 423 cm³/mol. The maximum atomic E-state index is 12.3. The van der Waals surface area contributed by atoms with Gasteiger partial charge in [-0.1, -0.05) is 282 Å². The largest absolute Gasteiger partial charge is 0.465 e. The summed E-state index contributed by atoms with van der Waals surface area (Å²) in [6.07, 6.45) is 5.93. The van der Waals surface area contributed by atoms with E-state index < -0.39 is 31.4 Å². The highest BCUT2D eigenvalue weighted by Gasteiger charge is 2.34. The summed E-state index contributed by atoms with van der Waals surface area (Å²) >= 11 is 36.4. The molecule has 0 radical (unpaired) electrons. The Balaban J connectivity index is 0. The minimum Gasteiger partial charge on any atom is -0.465 e. The van der Waals surface area contributed by atoms with Crippen LogP contribution in [0.4, 0.5) is 0 Å². The van der Waals surface area contributed by atoms with E-state index in [0.29, 0.717) is 25.6 Å². The maximum Gasteiger partial charge on any atom is 0.324 e. The molecule has 0 bridgehead atoms. The zero-order valence-electron chi connectivity index (χ0n) is 54.6. The average molecular weight is 1530 g/mol. The molecule has 0 amide bonds. The number of nitrogens with zero attached hydrogens (tertiary/aromatic N) is 1. The molecule has 27 heteroatoms. The third-order valence-corrected chi connectivity index (χ3v) is 21.9. The summed E-state index contributed by atoms with van der Waals surface area (Å²) in [5.74, 6) is 0.337.